The van der Waals surface area contributed by atoms with Gasteiger partial charge in [0, 0.05) is 20.1 Å². The van der Waals surface area contributed by atoms with Crippen molar-refractivity contribution in [1.29, 1.82) is 0 Å². The summed E-state index contributed by atoms with van der Waals surface area (Å²) in [5, 5.41) is 9.21. The maximum absolute atomic E-state index is 4.63. The molecule has 0 spiro atoms. The van der Waals surface area contributed by atoms with Crippen molar-refractivity contribution in [1.82, 2.24) is 14.8 Å². The molecular weight excluding hydrogens is 296 g/mol. The Balaban J connectivity index is 1.57. The van der Waals surface area contributed by atoms with Crippen LogP contribution in [0.25, 0.3) is 0 Å². The van der Waals surface area contributed by atoms with Gasteiger partial charge in [0.05, 0.1) is 5.41 Å². The van der Waals surface area contributed by atoms with Gasteiger partial charge in [-0.25, -0.2) is 0 Å². The van der Waals surface area contributed by atoms with Gasteiger partial charge in [-0.1, -0.05) is 44.2 Å². The first-order valence-corrected chi connectivity index (χ1v) is 9.32. The molecule has 0 amide bonds. The number of piperidine rings is 1. The van der Waals surface area contributed by atoms with Crippen LogP contribution in [-0.2, 0) is 12.5 Å². The summed E-state index contributed by atoms with van der Waals surface area (Å²) < 4.78 is 2.25. The van der Waals surface area contributed by atoms with Crippen molar-refractivity contribution >= 4 is 5.95 Å². The van der Waals surface area contributed by atoms with Gasteiger partial charge in [0.1, 0.15) is 5.82 Å². The van der Waals surface area contributed by atoms with E-state index in [1.165, 1.54) is 31.2 Å². The number of rotatable bonds is 4. The lowest BCUT2D eigenvalue weighted by molar-refractivity contribution is 0.309. The van der Waals surface area contributed by atoms with Gasteiger partial charge >= 0.3 is 0 Å². The molecule has 0 atom stereocenters. The molecule has 1 saturated heterocycles. The van der Waals surface area contributed by atoms with E-state index in [0.29, 0.717) is 0 Å². The van der Waals surface area contributed by atoms with Crippen molar-refractivity contribution in [2.45, 2.75) is 44.9 Å². The summed E-state index contributed by atoms with van der Waals surface area (Å²) in [7, 11) is 2.14. The molecule has 2 aliphatic rings. The van der Waals surface area contributed by atoms with E-state index in [4.69, 9.17) is 0 Å². The van der Waals surface area contributed by atoms with E-state index in [1.54, 1.807) is 0 Å². The number of aromatic nitrogens is 3. The third-order valence-corrected chi connectivity index (χ3v) is 6.12. The van der Waals surface area contributed by atoms with Crippen LogP contribution < -0.4 is 4.90 Å². The molecule has 2 heterocycles. The number of benzene rings is 1. The van der Waals surface area contributed by atoms with Crippen molar-refractivity contribution in [2.24, 2.45) is 18.9 Å². The second-order valence-corrected chi connectivity index (χ2v) is 7.90. The van der Waals surface area contributed by atoms with Gasteiger partial charge in [-0.15, -0.1) is 10.2 Å². The number of anilines is 1. The number of hydrogen-bond acceptors (Lipinski definition) is 3. The van der Waals surface area contributed by atoms with Crippen LogP contribution in [0.15, 0.2) is 30.3 Å². The summed E-state index contributed by atoms with van der Waals surface area (Å²) in [6, 6.07) is 10.8. The molecule has 0 radical (unpaired) electrons. The quantitative estimate of drug-likeness (QED) is 0.858. The fourth-order valence-corrected chi connectivity index (χ4v) is 4.30. The van der Waals surface area contributed by atoms with Crippen LogP contribution in [-0.4, -0.2) is 27.9 Å². The summed E-state index contributed by atoms with van der Waals surface area (Å²) in [4.78, 5) is 2.43. The van der Waals surface area contributed by atoms with Gasteiger partial charge in [-0.2, -0.15) is 0 Å². The first-order chi connectivity index (χ1) is 11.6. The molecule has 0 unspecified atom stereocenters. The van der Waals surface area contributed by atoms with Crippen LogP contribution >= 0.6 is 0 Å². The Morgan fingerprint density at radius 2 is 1.71 bits per heavy atom. The molecule has 0 bridgehead atoms. The van der Waals surface area contributed by atoms with Crippen LogP contribution in [0.3, 0.4) is 0 Å². The average Bonchev–Trinajstić information content (AvgIpc) is 3.33. The zero-order chi connectivity index (χ0) is 16.7. The lowest BCUT2D eigenvalue weighted by atomic mass is 9.87. The number of nitrogens with zero attached hydrogens (tertiary/aromatic N) is 4. The summed E-state index contributed by atoms with van der Waals surface area (Å²) >= 11 is 0. The Kier molecular flexibility index (Phi) is 3.86. The Hall–Kier alpha value is -1.84. The fraction of sp³-hybridized carbons (Fsp3) is 0.600. The molecule has 0 N–H and O–H groups in total. The van der Waals surface area contributed by atoms with Crippen LogP contribution in [0.5, 0.6) is 0 Å². The molecule has 2 fully saturated rings. The van der Waals surface area contributed by atoms with E-state index < -0.39 is 0 Å². The highest BCUT2D eigenvalue weighted by Crippen LogP contribution is 2.53. The minimum absolute atomic E-state index is 0.0948. The molecule has 1 saturated carbocycles. The predicted molar refractivity (Wildman–Crippen MR) is 97.2 cm³/mol. The molecular formula is C20H28N4. The highest BCUT2D eigenvalue weighted by atomic mass is 15.4. The van der Waals surface area contributed by atoms with Gasteiger partial charge in [-0.05, 0) is 43.1 Å². The van der Waals surface area contributed by atoms with Gasteiger partial charge in [0.15, 0.2) is 0 Å². The molecule has 4 nitrogen and oxygen atoms in total. The van der Waals surface area contributed by atoms with Crippen molar-refractivity contribution in [3.63, 3.8) is 0 Å². The van der Waals surface area contributed by atoms with Crippen molar-refractivity contribution in [3.8, 4) is 0 Å². The molecule has 1 aromatic heterocycles. The molecule has 1 aromatic carbocycles. The molecule has 2 aromatic rings. The van der Waals surface area contributed by atoms with Crippen molar-refractivity contribution in [3.05, 3.63) is 41.7 Å². The Morgan fingerprint density at radius 1 is 1.04 bits per heavy atom. The first-order valence-electron chi connectivity index (χ1n) is 9.32. The molecule has 24 heavy (non-hydrogen) atoms. The maximum Gasteiger partial charge on any atom is 0.226 e. The van der Waals surface area contributed by atoms with Gasteiger partial charge in [-0.3, -0.25) is 4.57 Å². The highest BCUT2D eigenvalue weighted by Gasteiger charge is 2.50. The van der Waals surface area contributed by atoms with Crippen molar-refractivity contribution < 1.29 is 0 Å². The molecule has 1 aliphatic carbocycles. The standard InChI is InChI=1S/C20H28N4/c1-15(2)16-9-13-24(14-10-16)19-22-21-18(23(19)3)20(11-12-20)17-7-5-4-6-8-17/h4-8,15-16H,9-14H2,1-3H3. The van der Waals surface area contributed by atoms with Crippen molar-refractivity contribution in [2.75, 3.05) is 18.0 Å². The smallest absolute Gasteiger partial charge is 0.226 e. The minimum atomic E-state index is 0.0948. The average molecular weight is 324 g/mol. The molecule has 4 heteroatoms. The first kappa shape index (κ1) is 15.7. The van der Waals surface area contributed by atoms with E-state index in [1.807, 2.05) is 0 Å². The van der Waals surface area contributed by atoms with E-state index in [9.17, 15) is 0 Å². The van der Waals surface area contributed by atoms with E-state index in [0.717, 1.165) is 36.7 Å². The van der Waals surface area contributed by atoms with E-state index in [-0.39, 0.29) is 5.41 Å². The van der Waals surface area contributed by atoms with Gasteiger partial charge < -0.3 is 4.90 Å². The monoisotopic (exact) mass is 324 g/mol. The van der Waals surface area contributed by atoms with Crippen LogP contribution in [0, 0.1) is 11.8 Å². The zero-order valence-corrected chi connectivity index (χ0v) is 15.1. The highest BCUT2D eigenvalue weighted by molar-refractivity contribution is 5.42. The topological polar surface area (TPSA) is 34.0 Å². The fourth-order valence-electron chi connectivity index (χ4n) is 4.30. The van der Waals surface area contributed by atoms with E-state index >= 15 is 0 Å². The zero-order valence-electron chi connectivity index (χ0n) is 15.1. The normalized spacial score (nSPS) is 20.6. The summed E-state index contributed by atoms with van der Waals surface area (Å²) in [5.41, 5.74) is 1.47. The SMILES string of the molecule is CC(C)C1CCN(c2nnc(C3(c4ccccc4)CC3)n2C)CC1. The Labute approximate surface area is 144 Å². The lowest BCUT2D eigenvalue weighted by Crippen LogP contribution is -2.36. The van der Waals surface area contributed by atoms with Crippen LogP contribution in [0.1, 0.15) is 50.9 Å². The third-order valence-electron chi connectivity index (χ3n) is 6.12. The number of hydrogen-bond donors (Lipinski definition) is 0. The molecule has 1 aliphatic heterocycles. The lowest BCUT2D eigenvalue weighted by Gasteiger charge is -2.34. The van der Waals surface area contributed by atoms with Crippen LogP contribution in [0.2, 0.25) is 0 Å². The Morgan fingerprint density at radius 3 is 2.29 bits per heavy atom. The largest absolute Gasteiger partial charge is 0.341 e. The second-order valence-electron chi connectivity index (χ2n) is 7.90. The second kappa shape index (κ2) is 5.91. The third kappa shape index (κ3) is 2.52. The maximum atomic E-state index is 4.63. The van der Waals surface area contributed by atoms with Gasteiger partial charge in [0.25, 0.3) is 0 Å². The minimum Gasteiger partial charge on any atom is -0.341 e. The molecule has 128 valence electrons. The summed E-state index contributed by atoms with van der Waals surface area (Å²) in [5.74, 6) is 3.83. The van der Waals surface area contributed by atoms with Crippen LogP contribution in [0.4, 0.5) is 5.95 Å². The predicted octanol–water partition coefficient (Wildman–Crippen LogP) is 3.77. The summed E-state index contributed by atoms with van der Waals surface area (Å²) in [6.07, 6.45) is 4.89. The van der Waals surface area contributed by atoms with E-state index in [2.05, 4.69) is 70.9 Å². The Bertz CT molecular complexity index is 692. The molecule has 4 rings (SSSR count). The van der Waals surface area contributed by atoms with Gasteiger partial charge in [0.2, 0.25) is 5.95 Å². The summed E-state index contributed by atoms with van der Waals surface area (Å²) in [6.45, 7) is 6.90.